The van der Waals surface area contributed by atoms with Gasteiger partial charge < -0.3 is 11.1 Å². The van der Waals surface area contributed by atoms with Crippen LogP contribution in [0, 0.1) is 19.8 Å². The second-order valence-electron chi connectivity index (χ2n) is 7.39. The van der Waals surface area contributed by atoms with Crippen LogP contribution >= 0.6 is 0 Å². The van der Waals surface area contributed by atoms with Gasteiger partial charge in [-0.15, -0.1) is 0 Å². The summed E-state index contributed by atoms with van der Waals surface area (Å²) < 4.78 is 0. The smallest absolute Gasteiger partial charge is 0.0329 e. The van der Waals surface area contributed by atoms with Crippen molar-refractivity contribution >= 4 is 0 Å². The highest BCUT2D eigenvalue weighted by molar-refractivity contribution is 5.42. The third-order valence-corrected chi connectivity index (χ3v) is 4.68. The lowest BCUT2D eigenvalue weighted by atomic mass is 9.79. The third kappa shape index (κ3) is 3.24. The minimum absolute atomic E-state index is 0.186. The van der Waals surface area contributed by atoms with Crippen LogP contribution in [0.1, 0.15) is 61.9 Å². The molecule has 20 heavy (non-hydrogen) atoms. The Morgan fingerprint density at radius 3 is 2.05 bits per heavy atom. The molecule has 2 nitrogen and oxygen atoms in total. The molecule has 1 atom stereocenters. The summed E-state index contributed by atoms with van der Waals surface area (Å²) in [6.07, 6.45) is 2.39. The molecule has 3 N–H and O–H groups in total. The highest BCUT2D eigenvalue weighted by atomic mass is 14.9. The second-order valence-corrected chi connectivity index (χ2v) is 7.39. The lowest BCUT2D eigenvalue weighted by Crippen LogP contribution is -2.34. The maximum absolute atomic E-state index is 6.60. The zero-order valence-electron chi connectivity index (χ0n) is 13.7. The molecule has 1 fully saturated rings. The van der Waals surface area contributed by atoms with Gasteiger partial charge in [0.2, 0.25) is 0 Å². The highest BCUT2D eigenvalue weighted by Crippen LogP contribution is 2.34. The Morgan fingerprint density at radius 1 is 1.10 bits per heavy atom. The molecule has 1 saturated heterocycles. The Hall–Kier alpha value is -0.860. The van der Waals surface area contributed by atoms with Gasteiger partial charge in [0.1, 0.15) is 0 Å². The number of hydrogen-bond donors (Lipinski definition) is 2. The summed E-state index contributed by atoms with van der Waals surface area (Å²) in [6.45, 7) is 13.5. The first-order valence-corrected chi connectivity index (χ1v) is 7.88. The number of nitrogens with one attached hydrogen (secondary N) is 1. The van der Waals surface area contributed by atoms with Crippen molar-refractivity contribution in [3.8, 4) is 0 Å². The summed E-state index contributed by atoms with van der Waals surface area (Å²) in [7, 11) is 0. The van der Waals surface area contributed by atoms with Gasteiger partial charge in [-0.25, -0.2) is 0 Å². The predicted octanol–water partition coefficient (Wildman–Crippen LogP) is 3.60. The van der Waals surface area contributed by atoms with Crippen molar-refractivity contribution in [1.29, 1.82) is 0 Å². The molecular formula is C18H30N2. The van der Waals surface area contributed by atoms with Gasteiger partial charge in [0.15, 0.2) is 0 Å². The van der Waals surface area contributed by atoms with Crippen molar-refractivity contribution in [3.05, 3.63) is 34.4 Å². The van der Waals surface area contributed by atoms with E-state index >= 15 is 0 Å². The van der Waals surface area contributed by atoms with E-state index in [4.69, 9.17) is 5.73 Å². The van der Waals surface area contributed by atoms with Gasteiger partial charge in [0.25, 0.3) is 0 Å². The maximum atomic E-state index is 6.60. The molecule has 0 radical (unpaired) electrons. The average Bonchev–Trinajstić information content (AvgIpc) is 2.37. The minimum atomic E-state index is 0.186. The van der Waals surface area contributed by atoms with Crippen molar-refractivity contribution in [1.82, 2.24) is 5.32 Å². The summed E-state index contributed by atoms with van der Waals surface area (Å²) in [4.78, 5) is 0. The van der Waals surface area contributed by atoms with E-state index in [1.807, 2.05) is 0 Å². The molecule has 1 aliphatic rings. The Morgan fingerprint density at radius 2 is 1.60 bits per heavy atom. The number of aryl methyl sites for hydroxylation is 2. The first-order chi connectivity index (χ1) is 9.30. The number of benzene rings is 1. The van der Waals surface area contributed by atoms with E-state index in [1.165, 1.54) is 35.1 Å². The summed E-state index contributed by atoms with van der Waals surface area (Å²) in [5, 5.41) is 3.42. The van der Waals surface area contributed by atoms with Crippen LogP contribution in [-0.4, -0.2) is 13.1 Å². The summed E-state index contributed by atoms with van der Waals surface area (Å²) in [5.41, 5.74) is 12.3. The fourth-order valence-electron chi connectivity index (χ4n) is 3.37. The van der Waals surface area contributed by atoms with Crippen molar-refractivity contribution in [2.75, 3.05) is 13.1 Å². The molecule has 2 heteroatoms. The molecule has 0 bridgehead atoms. The molecule has 112 valence electrons. The van der Waals surface area contributed by atoms with Crippen LogP contribution in [0.25, 0.3) is 0 Å². The van der Waals surface area contributed by atoms with Crippen LogP contribution in [0.2, 0.25) is 0 Å². The molecule has 0 amide bonds. The Bertz CT molecular complexity index is 442. The molecule has 1 unspecified atom stereocenters. The maximum Gasteiger partial charge on any atom is 0.0329 e. The van der Waals surface area contributed by atoms with Gasteiger partial charge in [-0.05, 0) is 73.4 Å². The molecular weight excluding hydrogens is 244 g/mol. The van der Waals surface area contributed by atoms with E-state index in [0.29, 0.717) is 5.92 Å². The van der Waals surface area contributed by atoms with Gasteiger partial charge in [-0.2, -0.15) is 0 Å². The summed E-state index contributed by atoms with van der Waals surface area (Å²) >= 11 is 0. The van der Waals surface area contributed by atoms with Crippen molar-refractivity contribution in [2.24, 2.45) is 11.7 Å². The number of hydrogen-bond acceptors (Lipinski definition) is 2. The van der Waals surface area contributed by atoms with E-state index in [1.54, 1.807) is 0 Å². The Kier molecular flexibility index (Phi) is 4.55. The molecule has 1 aromatic carbocycles. The molecule has 0 aliphatic carbocycles. The fourth-order valence-corrected chi connectivity index (χ4v) is 3.37. The van der Waals surface area contributed by atoms with E-state index in [-0.39, 0.29) is 11.5 Å². The molecule has 0 aromatic heterocycles. The van der Waals surface area contributed by atoms with Crippen LogP contribution in [0.4, 0.5) is 0 Å². The van der Waals surface area contributed by atoms with Gasteiger partial charge in [-0.3, -0.25) is 0 Å². The third-order valence-electron chi connectivity index (χ3n) is 4.68. The van der Waals surface area contributed by atoms with Crippen LogP contribution in [0.15, 0.2) is 12.1 Å². The molecule has 1 heterocycles. The van der Waals surface area contributed by atoms with Crippen LogP contribution in [-0.2, 0) is 5.41 Å². The van der Waals surface area contributed by atoms with Crippen molar-refractivity contribution < 1.29 is 0 Å². The topological polar surface area (TPSA) is 38.0 Å². The zero-order chi connectivity index (χ0) is 14.9. The van der Waals surface area contributed by atoms with Gasteiger partial charge >= 0.3 is 0 Å². The quantitative estimate of drug-likeness (QED) is 0.864. The van der Waals surface area contributed by atoms with Crippen LogP contribution in [0.3, 0.4) is 0 Å². The van der Waals surface area contributed by atoms with Gasteiger partial charge in [-0.1, -0.05) is 32.9 Å². The van der Waals surface area contributed by atoms with E-state index < -0.39 is 0 Å². The molecule has 1 aliphatic heterocycles. The lowest BCUT2D eigenvalue weighted by Gasteiger charge is -2.31. The monoisotopic (exact) mass is 274 g/mol. The largest absolute Gasteiger partial charge is 0.324 e. The van der Waals surface area contributed by atoms with E-state index in [0.717, 1.165) is 13.1 Å². The summed E-state index contributed by atoms with van der Waals surface area (Å²) in [6, 6.07) is 4.86. The SMILES string of the molecule is Cc1cc(C(C)(C)C)cc(C)c1C(N)C1CCNCC1. The van der Waals surface area contributed by atoms with Gasteiger partial charge in [0.05, 0.1) is 0 Å². The van der Waals surface area contributed by atoms with E-state index in [9.17, 15) is 0 Å². The zero-order valence-corrected chi connectivity index (χ0v) is 13.7. The number of nitrogens with two attached hydrogens (primary N) is 1. The second kappa shape index (κ2) is 5.87. The lowest BCUT2D eigenvalue weighted by molar-refractivity contribution is 0.321. The van der Waals surface area contributed by atoms with Crippen LogP contribution < -0.4 is 11.1 Å². The predicted molar refractivity (Wildman–Crippen MR) is 87.1 cm³/mol. The molecule has 2 rings (SSSR count). The van der Waals surface area contributed by atoms with E-state index in [2.05, 4.69) is 52.1 Å². The Balaban J connectivity index is 2.32. The van der Waals surface area contributed by atoms with Crippen LogP contribution in [0.5, 0.6) is 0 Å². The molecule has 0 saturated carbocycles. The Labute approximate surface area is 124 Å². The van der Waals surface area contributed by atoms with Crippen molar-refractivity contribution in [3.63, 3.8) is 0 Å². The average molecular weight is 274 g/mol. The molecule has 0 spiro atoms. The minimum Gasteiger partial charge on any atom is -0.324 e. The standard InChI is InChI=1S/C18H30N2/c1-12-10-15(18(3,4)5)11-13(2)16(12)17(19)14-6-8-20-9-7-14/h10-11,14,17,20H,6-9,19H2,1-5H3. The summed E-state index contributed by atoms with van der Waals surface area (Å²) in [5.74, 6) is 0.620. The highest BCUT2D eigenvalue weighted by Gasteiger charge is 2.25. The number of piperidine rings is 1. The van der Waals surface area contributed by atoms with Crippen molar-refractivity contribution in [2.45, 2.75) is 58.9 Å². The van der Waals surface area contributed by atoms with Gasteiger partial charge in [0, 0.05) is 6.04 Å². The number of rotatable bonds is 2. The molecule has 1 aromatic rings. The first kappa shape index (κ1) is 15.5. The normalized spacial score (nSPS) is 19.1. The fraction of sp³-hybridized carbons (Fsp3) is 0.667. The first-order valence-electron chi connectivity index (χ1n) is 7.88.